The van der Waals surface area contributed by atoms with Gasteiger partial charge in [-0.25, -0.2) is 4.39 Å². The van der Waals surface area contributed by atoms with Gasteiger partial charge in [0.25, 0.3) is 10.1 Å². The summed E-state index contributed by atoms with van der Waals surface area (Å²) in [5.74, 6) is -1.47. The highest BCUT2D eigenvalue weighted by Gasteiger charge is 2.20. The molecule has 4 nitrogen and oxygen atoms in total. The van der Waals surface area contributed by atoms with Crippen LogP contribution in [0, 0.1) is 12.7 Å². The Kier molecular flexibility index (Phi) is 2.27. The lowest BCUT2D eigenvalue weighted by atomic mass is 10.2. The van der Waals surface area contributed by atoms with E-state index in [1.807, 2.05) is 0 Å². The van der Waals surface area contributed by atoms with E-state index in [0.717, 1.165) is 12.1 Å². The van der Waals surface area contributed by atoms with Gasteiger partial charge in [-0.2, -0.15) is 8.42 Å². The molecule has 6 heteroatoms. The van der Waals surface area contributed by atoms with Gasteiger partial charge in [-0.05, 0) is 19.1 Å². The Hall–Kier alpha value is -1.14. The van der Waals surface area contributed by atoms with E-state index in [2.05, 4.69) is 0 Å². The fraction of sp³-hybridized carbons (Fsp3) is 0.143. The quantitative estimate of drug-likeness (QED) is 0.674. The average Bonchev–Trinajstić information content (AvgIpc) is 1.95. The third-order valence-corrected chi connectivity index (χ3v) is 2.60. The van der Waals surface area contributed by atoms with E-state index in [9.17, 15) is 12.8 Å². The summed E-state index contributed by atoms with van der Waals surface area (Å²) in [6.07, 6.45) is 0. The Morgan fingerprint density at radius 2 is 1.92 bits per heavy atom. The summed E-state index contributed by atoms with van der Waals surface area (Å²) in [7, 11) is -4.62. The van der Waals surface area contributed by atoms with Crippen molar-refractivity contribution in [2.45, 2.75) is 11.8 Å². The monoisotopic (exact) mass is 206 g/mol. The standard InChI is InChI=1S/C7H7FO4S/c1-4-6(9)3-2-5(8)7(4)13(10,11)12/h2-3,9H,1H3,(H,10,11,12). The normalized spacial score (nSPS) is 11.6. The van der Waals surface area contributed by atoms with Crippen LogP contribution in [0.15, 0.2) is 17.0 Å². The Balaban J connectivity index is 3.62. The fourth-order valence-corrected chi connectivity index (χ4v) is 1.77. The van der Waals surface area contributed by atoms with E-state index in [0.29, 0.717) is 0 Å². The zero-order valence-electron chi connectivity index (χ0n) is 6.65. The molecule has 1 aromatic rings. The predicted molar refractivity (Wildman–Crippen MR) is 42.6 cm³/mol. The molecule has 0 fully saturated rings. The van der Waals surface area contributed by atoms with Gasteiger partial charge >= 0.3 is 0 Å². The molecule has 0 saturated carbocycles. The second-order valence-corrected chi connectivity index (χ2v) is 3.85. The number of benzene rings is 1. The molecule has 0 aliphatic heterocycles. The van der Waals surface area contributed by atoms with Gasteiger partial charge in [-0.15, -0.1) is 0 Å². The lowest BCUT2D eigenvalue weighted by Gasteiger charge is -2.04. The van der Waals surface area contributed by atoms with Crippen LogP contribution in [0.1, 0.15) is 5.56 Å². The van der Waals surface area contributed by atoms with Crippen LogP contribution in [0.3, 0.4) is 0 Å². The van der Waals surface area contributed by atoms with Crippen molar-refractivity contribution < 1.29 is 22.5 Å². The summed E-state index contributed by atoms with van der Waals surface area (Å²) < 4.78 is 42.7. The molecule has 0 heterocycles. The molecule has 72 valence electrons. The Morgan fingerprint density at radius 1 is 1.38 bits per heavy atom. The van der Waals surface area contributed by atoms with Gasteiger partial charge < -0.3 is 5.11 Å². The topological polar surface area (TPSA) is 74.6 Å². The molecule has 13 heavy (non-hydrogen) atoms. The van der Waals surface area contributed by atoms with Gasteiger partial charge in [-0.3, -0.25) is 4.55 Å². The van der Waals surface area contributed by atoms with Gasteiger partial charge in [0.2, 0.25) is 0 Å². The number of aromatic hydroxyl groups is 1. The highest BCUT2D eigenvalue weighted by atomic mass is 32.2. The maximum Gasteiger partial charge on any atom is 0.297 e. The molecule has 0 unspecified atom stereocenters. The van der Waals surface area contributed by atoms with E-state index in [4.69, 9.17) is 9.66 Å². The zero-order valence-corrected chi connectivity index (χ0v) is 7.47. The number of hydrogen-bond donors (Lipinski definition) is 2. The maximum absolute atomic E-state index is 12.9. The van der Waals surface area contributed by atoms with Gasteiger partial charge in [0.15, 0.2) is 0 Å². The Labute approximate surface area is 74.4 Å². The first-order chi connectivity index (χ1) is 5.84. The Morgan fingerprint density at radius 3 is 2.31 bits per heavy atom. The molecule has 0 spiro atoms. The first kappa shape index (κ1) is 9.94. The van der Waals surface area contributed by atoms with E-state index >= 15 is 0 Å². The van der Waals surface area contributed by atoms with Crippen LogP contribution < -0.4 is 0 Å². The van der Waals surface area contributed by atoms with Crippen LogP contribution in [0.4, 0.5) is 4.39 Å². The van der Waals surface area contributed by atoms with Crippen LogP contribution in [-0.4, -0.2) is 18.1 Å². The van der Waals surface area contributed by atoms with Crippen molar-refractivity contribution >= 4 is 10.1 Å². The third kappa shape index (κ3) is 1.78. The lowest BCUT2D eigenvalue weighted by Crippen LogP contribution is -2.04. The van der Waals surface area contributed by atoms with Crippen molar-refractivity contribution in [3.05, 3.63) is 23.5 Å². The summed E-state index contributed by atoms with van der Waals surface area (Å²) in [6.45, 7) is 1.20. The second-order valence-electron chi connectivity index (χ2n) is 2.50. The number of phenolic OH excluding ortho intramolecular Hbond substituents is 1. The van der Waals surface area contributed by atoms with Crippen LogP contribution in [0.2, 0.25) is 0 Å². The van der Waals surface area contributed by atoms with Crippen LogP contribution in [0.5, 0.6) is 5.75 Å². The minimum atomic E-state index is -4.62. The van der Waals surface area contributed by atoms with E-state index in [1.54, 1.807) is 0 Å². The van der Waals surface area contributed by atoms with Gasteiger partial charge in [0.1, 0.15) is 16.5 Å². The van der Waals surface area contributed by atoms with Crippen molar-refractivity contribution in [3.63, 3.8) is 0 Å². The van der Waals surface area contributed by atoms with Crippen LogP contribution >= 0.6 is 0 Å². The number of rotatable bonds is 1. The van der Waals surface area contributed by atoms with Crippen molar-refractivity contribution in [2.24, 2.45) is 0 Å². The molecule has 1 aromatic carbocycles. The number of halogens is 1. The summed E-state index contributed by atoms with van der Waals surface area (Å²) in [5.41, 5.74) is -0.206. The Bertz CT molecular complexity index is 438. The second kappa shape index (κ2) is 2.97. The van der Waals surface area contributed by atoms with E-state index in [-0.39, 0.29) is 11.3 Å². The van der Waals surface area contributed by atoms with E-state index in [1.165, 1.54) is 6.92 Å². The molecule has 1 rings (SSSR count). The summed E-state index contributed by atoms with van der Waals surface area (Å²) in [4.78, 5) is -0.882. The lowest BCUT2D eigenvalue weighted by molar-refractivity contribution is 0.451. The maximum atomic E-state index is 12.9. The fourth-order valence-electron chi connectivity index (χ4n) is 0.965. The molecule has 0 atom stereocenters. The molecule has 0 radical (unpaired) electrons. The van der Waals surface area contributed by atoms with Crippen molar-refractivity contribution in [1.82, 2.24) is 0 Å². The van der Waals surface area contributed by atoms with Gasteiger partial charge in [-0.1, -0.05) is 0 Å². The third-order valence-electron chi connectivity index (χ3n) is 1.59. The first-order valence-corrected chi connectivity index (χ1v) is 4.73. The minimum absolute atomic E-state index is 0.206. The molecule has 2 N–H and O–H groups in total. The highest BCUT2D eigenvalue weighted by molar-refractivity contribution is 7.85. The summed E-state index contributed by atoms with van der Waals surface area (Å²) in [6, 6.07) is 1.78. The highest BCUT2D eigenvalue weighted by Crippen LogP contribution is 2.26. The molecule has 0 aliphatic carbocycles. The zero-order chi connectivity index (χ0) is 10.2. The predicted octanol–water partition coefficient (Wildman–Crippen LogP) is 1.09. The smallest absolute Gasteiger partial charge is 0.297 e. The summed E-state index contributed by atoms with van der Waals surface area (Å²) in [5, 5.41) is 9.05. The van der Waals surface area contributed by atoms with Crippen molar-refractivity contribution in [2.75, 3.05) is 0 Å². The molecule has 0 aromatic heterocycles. The van der Waals surface area contributed by atoms with E-state index < -0.39 is 20.8 Å². The van der Waals surface area contributed by atoms with Gasteiger partial charge in [0.05, 0.1) is 0 Å². The van der Waals surface area contributed by atoms with Crippen LogP contribution in [-0.2, 0) is 10.1 Å². The minimum Gasteiger partial charge on any atom is -0.508 e. The molecule has 0 aliphatic rings. The number of hydrogen-bond acceptors (Lipinski definition) is 3. The SMILES string of the molecule is Cc1c(O)ccc(F)c1S(=O)(=O)O. The van der Waals surface area contributed by atoms with Gasteiger partial charge in [0, 0.05) is 5.56 Å². The largest absolute Gasteiger partial charge is 0.508 e. The summed E-state index contributed by atoms with van der Waals surface area (Å²) >= 11 is 0. The first-order valence-electron chi connectivity index (χ1n) is 3.29. The van der Waals surface area contributed by atoms with Crippen LogP contribution in [0.25, 0.3) is 0 Å². The van der Waals surface area contributed by atoms with Crippen molar-refractivity contribution in [1.29, 1.82) is 0 Å². The van der Waals surface area contributed by atoms with Crippen molar-refractivity contribution in [3.8, 4) is 5.75 Å². The number of phenols is 1. The molecule has 0 amide bonds. The molecule has 0 saturated heterocycles. The average molecular weight is 206 g/mol. The molecular weight excluding hydrogens is 199 g/mol. The molecular formula is C7H7FO4S. The molecule has 0 bridgehead atoms.